The van der Waals surface area contributed by atoms with Crippen LogP contribution in [0, 0.1) is 11.8 Å². The standard InChI is InChI=1S/C14H18N2O3.ClH/c1-9(11-6-15-7-11)14(17)16-5-10-2-3-12-13(4-10)19-8-18-12;/h2-4,9,11,15H,5-8H2,1H3,(H,16,17);1H. The van der Waals surface area contributed by atoms with Crippen LogP contribution in [-0.4, -0.2) is 25.8 Å². The van der Waals surface area contributed by atoms with Gasteiger partial charge in [0.1, 0.15) is 0 Å². The van der Waals surface area contributed by atoms with Gasteiger partial charge >= 0.3 is 0 Å². The molecule has 1 saturated heterocycles. The van der Waals surface area contributed by atoms with Crippen molar-refractivity contribution >= 4 is 18.3 Å². The summed E-state index contributed by atoms with van der Waals surface area (Å²) in [5, 5.41) is 6.16. The van der Waals surface area contributed by atoms with Crippen molar-refractivity contribution in [1.82, 2.24) is 10.6 Å². The zero-order chi connectivity index (χ0) is 13.2. The van der Waals surface area contributed by atoms with E-state index in [0.29, 0.717) is 12.5 Å². The molecule has 1 aromatic carbocycles. The number of benzene rings is 1. The highest BCUT2D eigenvalue weighted by atomic mass is 35.5. The first kappa shape index (κ1) is 14.9. The molecule has 6 heteroatoms. The lowest BCUT2D eigenvalue weighted by molar-refractivity contribution is -0.126. The number of fused-ring (bicyclic) bond motifs is 1. The van der Waals surface area contributed by atoms with Crippen LogP contribution in [0.2, 0.25) is 0 Å². The van der Waals surface area contributed by atoms with E-state index in [2.05, 4.69) is 10.6 Å². The molecule has 5 nitrogen and oxygen atoms in total. The Morgan fingerprint density at radius 3 is 2.85 bits per heavy atom. The molecule has 0 spiro atoms. The van der Waals surface area contributed by atoms with Crippen LogP contribution in [0.4, 0.5) is 0 Å². The summed E-state index contributed by atoms with van der Waals surface area (Å²) in [6, 6.07) is 5.74. The first-order valence-electron chi connectivity index (χ1n) is 6.61. The summed E-state index contributed by atoms with van der Waals surface area (Å²) in [4.78, 5) is 12.0. The Kier molecular flexibility index (Phi) is 4.73. The average molecular weight is 299 g/mol. The molecular weight excluding hydrogens is 280 g/mol. The lowest BCUT2D eigenvalue weighted by atomic mass is 9.88. The largest absolute Gasteiger partial charge is 0.454 e. The Morgan fingerprint density at radius 2 is 2.15 bits per heavy atom. The maximum absolute atomic E-state index is 12.0. The smallest absolute Gasteiger partial charge is 0.231 e. The molecule has 20 heavy (non-hydrogen) atoms. The molecular formula is C14H19ClN2O3. The van der Waals surface area contributed by atoms with Crippen molar-refractivity contribution < 1.29 is 14.3 Å². The van der Waals surface area contributed by atoms with Gasteiger partial charge in [0, 0.05) is 12.5 Å². The Balaban J connectivity index is 0.00000147. The number of carbonyl (C=O) groups excluding carboxylic acids is 1. The molecule has 0 saturated carbocycles. The van der Waals surface area contributed by atoms with Gasteiger partial charge in [-0.1, -0.05) is 13.0 Å². The van der Waals surface area contributed by atoms with Gasteiger partial charge in [-0.05, 0) is 36.7 Å². The second kappa shape index (κ2) is 6.33. The first-order valence-corrected chi connectivity index (χ1v) is 6.61. The highest BCUT2D eigenvalue weighted by Gasteiger charge is 2.28. The number of ether oxygens (including phenoxy) is 2. The van der Waals surface area contributed by atoms with Crippen LogP contribution in [0.5, 0.6) is 11.5 Å². The fraction of sp³-hybridized carbons (Fsp3) is 0.500. The van der Waals surface area contributed by atoms with Gasteiger partial charge in [-0.15, -0.1) is 12.4 Å². The van der Waals surface area contributed by atoms with Crippen molar-refractivity contribution in [3.63, 3.8) is 0 Å². The lowest BCUT2D eigenvalue weighted by Crippen LogP contribution is -2.49. The number of carbonyl (C=O) groups is 1. The summed E-state index contributed by atoms with van der Waals surface area (Å²) < 4.78 is 10.6. The summed E-state index contributed by atoms with van der Waals surface area (Å²) in [6.45, 7) is 4.68. The lowest BCUT2D eigenvalue weighted by Gasteiger charge is -2.31. The summed E-state index contributed by atoms with van der Waals surface area (Å²) in [5.74, 6) is 2.17. The molecule has 110 valence electrons. The highest BCUT2D eigenvalue weighted by molar-refractivity contribution is 5.85. The van der Waals surface area contributed by atoms with Gasteiger partial charge in [-0.2, -0.15) is 0 Å². The summed E-state index contributed by atoms with van der Waals surface area (Å²) >= 11 is 0. The molecule has 1 aromatic rings. The van der Waals surface area contributed by atoms with Gasteiger partial charge in [0.25, 0.3) is 0 Å². The molecule has 0 aromatic heterocycles. The van der Waals surface area contributed by atoms with E-state index >= 15 is 0 Å². The quantitative estimate of drug-likeness (QED) is 0.880. The van der Waals surface area contributed by atoms with Crippen LogP contribution in [0.25, 0.3) is 0 Å². The van der Waals surface area contributed by atoms with E-state index in [1.54, 1.807) is 0 Å². The van der Waals surface area contributed by atoms with Crippen LogP contribution in [0.3, 0.4) is 0 Å². The van der Waals surface area contributed by atoms with Crippen molar-refractivity contribution in [2.24, 2.45) is 11.8 Å². The van der Waals surface area contributed by atoms with Gasteiger partial charge < -0.3 is 20.1 Å². The van der Waals surface area contributed by atoms with E-state index in [1.807, 2.05) is 25.1 Å². The third-order valence-electron chi connectivity index (χ3n) is 3.84. The number of hydrogen-bond donors (Lipinski definition) is 2. The van der Waals surface area contributed by atoms with Gasteiger partial charge in [0.05, 0.1) is 0 Å². The fourth-order valence-electron chi connectivity index (χ4n) is 2.28. The maximum atomic E-state index is 12.0. The van der Waals surface area contributed by atoms with E-state index in [0.717, 1.165) is 30.2 Å². The Hall–Kier alpha value is -1.46. The molecule has 2 aliphatic rings. The second-order valence-electron chi connectivity index (χ2n) is 5.11. The minimum atomic E-state index is 0. The molecule has 2 aliphatic heterocycles. The molecule has 0 radical (unpaired) electrons. The molecule has 1 amide bonds. The van der Waals surface area contributed by atoms with Gasteiger partial charge in [-0.25, -0.2) is 0 Å². The fourth-order valence-corrected chi connectivity index (χ4v) is 2.28. The molecule has 2 heterocycles. The van der Waals surface area contributed by atoms with E-state index in [1.165, 1.54) is 0 Å². The number of nitrogens with one attached hydrogen (secondary N) is 2. The maximum Gasteiger partial charge on any atom is 0.231 e. The molecule has 3 rings (SSSR count). The minimum Gasteiger partial charge on any atom is -0.454 e. The number of rotatable bonds is 4. The molecule has 1 unspecified atom stereocenters. The SMILES string of the molecule is CC(C(=O)NCc1ccc2c(c1)OCO2)C1CNC1.Cl. The molecule has 1 fully saturated rings. The molecule has 1 atom stereocenters. The van der Waals surface area contributed by atoms with E-state index in [9.17, 15) is 4.79 Å². The zero-order valence-corrected chi connectivity index (χ0v) is 12.2. The minimum absolute atomic E-state index is 0. The van der Waals surface area contributed by atoms with E-state index in [-0.39, 0.29) is 31.0 Å². The van der Waals surface area contributed by atoms with E-state index in [4.69, 9.17) is 9.47 Å². The monoisotopic (exact) mass is 298 g/mol. The Bertz CT molecular complexity index is 491. The summed E-state index contributed by atoms with van der Waals surface area (Å²) in [5.41, 5.74) is 1.02. The molecule has 0 aliphatic carbocycles. The third kappa shape index (κ3) is 2.99. The second-order valence-corrected chi connectivity index (χ2v) is 5.11. The van der Waals surface area contributed by atoms with Gasteiger partial charge in [0.15, 0.2) is 11.5 Å². The van der Waals surface area contributed by atoms with Gasteiger partial charge in [-0.3, -0.25) is 4.79 Å². The Morgan fingerprint density at radius 1 is 1.40 bits per heavy atom. The van der Waals surface area contributed by atoms with Crippen LogP contribution >= 0.6 is 12.4 Å². The molecule has 0 bridgehead atoms. The van der Waals surface area contributed by atoms with Crippen LogP contribution in [0.15, 0.2) is 18.2 Å². The number of halogens is 1. The van der Waals surface area contributed by atoms with E-state index < -0.39 is 0 Å². The van der Waals surface area contributed by atoms with Crippen molar-refractivity contribution in [1.29, 1.82) is 0 Å². The predicted molar refractivity (Wildman–Crippen MR) is 77.2 cm³/mol. The summed E-state index contributed by atoms with van der Waals surface area (Å²) in [6.07, 6.45) is 0. The van der Waals surface area contributed by atoms with Crippen molar-refractivity contribution in [3.05, 3.63) is 23.8 Å². The summed E-state index contributed by atoms with van der Waals surface area (Å²) in [7, 11) is 0. The highest BCUT2D eigenvalue weighted by Crippen LogP contribution is 2.32. The van der Waals surface area contributed by atoms with Crippen molar-refractivity contribution in [2.75, 3.05) is 19.9 Å². The normalized spacial score (nSPS) is 17.9. The predicted octanol–water partition coefficient (Wildman–Crippen LogP) is 1.31. The van der Waals surface area contributed by atoms with Crippen LogP contribution in [0.1, 0.15) is 12.5 Å². The number of amides is 1. The number of hydrogen-bond acceptors (Lipinski definition) is 4. The van der Waals surface area contributed by atoms with Crippen LogP contribution < -0.4 is 20.1 Å². The van der Waals surface area contributed by atoms with Crippen molar-refractivity contribution in [3.8, 4) is 11.5 Å². The Labute approximate surface area is 124 Å². The topological polar surface area (TPSA) is 59.6 Å². The first-order chi connectivity index (χ1) is 9.24. The van der Waals surface area contributed by atoms with Crippen LogP contribution in [-0.2, 0) is 11.3 Å². The third-order valence-corrected chi connectivity index (χ3v) is 3.84. The molecule has 2 N–H and O–H groups in total. The van der Waals surface area contributed by atoms with Gasteiger partial charge in [0.2, 0.25) is 12.7 Å². The average Bonchev–Trinajstić information content (AvgIpc) is 2.80. The van der Waals surface area contributed by atoms with Crippen molar-refractivity contribution in [2.45, 2.75) is 13.5 Å². The zero-order valence-electron chi connectivity index (χ0n) is 11.3.